The number of halogens is 1. The van der Waals surface area contributed by atoms with E-state index < -0.39 is 0 Å². The van der Waals surface area contributed by atoms with Gasteiger partial charge in [-0.2, -0.15) is 0 Å². The van der Waals surface area contributed by atoms with Gasteiger partial charge in [-0.25, -0.2) is 4.98 Å². The van der Waals surface area contributed by atoms with E-state index in [0.717, 1.165) is 23.4 Å². The van der Waals surface area contributed by atoms with Crippen LogP contribution in [-0.2, 0) is 0 Å². The molecule has 1 aromatic rings. The van der Waals surface area contributed by atoms with E-state index in [1.54, 1.807) is 0 Å². The van der Waals surface area contributed by atoms with Crippen molar-refractivity contribution >= 4 is 24.2 Å². The molecule has 1 aromatic heterocycles. The van der Waals surface area contributed by atoms with E-state index in [4.69, 9.17) is 0 Å². The van der Waals surface area contributed by atoms with Gasteiger partial charge in [0, 0.05) is 11.4 Å². The molecule has 0 bridgehead atoms. The molecule has 0 aromatic carbocycles. The van der Waals surface area contributed by atoms with Crippen LogP contribution in [0.5, 0.6) is 0 Å². The Kier molecular flexibility index (Phi) is 5.30. The number of hydrogen-bond donors (Lipinski definition) is 1. The number of nitrogens with zero attached hydrogens (tertiary/aromatic N) is 1. The van der Waals surface area contributed by atoms with Crippen molar-refractivity contribution in [2.45, 2.75) is 23.1 Å². The molecule has 0 saturated carbocycles. The molecule has 0 unspecified atom stereocenters. The van der Waals surface area contributed by atoms with E-state index in [-0.39, 0.29) is 12.4 Å². The first-order valence-electron chi connectivity index (χ1n) is 4.73. The lowest BCUT2D eigenvalue weighted by molar-refractivity contribution is 0.531. The normalized spacial score (nSPS) is 17.4. The van der Waals surface area contributed by atoms with Gasteiger partial charge in [-0.15, -0.1) is 24.2 Å². The Bertz CT molecular complexity index is 250. The number of hydrogen-bond acceptors (Lipinski definition) is 3. The van der Waals surface area contributed by atoms with Crippen molar-refractivity contribution in [1.82, 2.24) is 10.3 Å². The third kappa shape index (κ3) is 3.48. The first kappa shape index (κ1) is 11.8. The molecule has 1 fully saturated rings. The van der Waals surface area contributed by atoms with Crippen molar-refractivity contribution in [1.29, 1.82) is 0 Å². The summed E-state index contributed by atoms with van der Waals surface area (Å²) in [6, 6.07) is 6.11. The number of pyridine rings is 1. The molecule has 0 amide bonds. The number of aromatic nitrogens is 1. The van der Waals surface area contributed by atoms with E-state index >= 15 is 0 Å². The quantitative estimate of drug-likeness (QED) is 0.845. The van der Waals surface area contributed by atoms with E-state index in [0.29, 0.717) is 0 Å². The van der Waals surface area contributed by atoms with E-state index in [2.05, 4.69) is 22.4 Å². The van der Waals surface area contributed by atoms with Gasteiger partial charge < -0.3 is 5.32 Å². The summed E-state index contributed by atoms with van der Waals surface area (Å²) in [4.78, 5) is 4.32. The SMILES string of the molecule is Cl.c1ccc(SC2CCNCC2)nc1. The van der Waals surface area contributed by atoms with Crippen LogP contribution in [0.1, 0.15) is 12.8 Å². The number of nitrogens with one attached hydrogen (secondary N) is 1. The summed E-state index contributed by atoms with van der Waals surface area (Å²) in [5, 5.41) is 5.29. The lowest BCUT2D eigenvalue weighted by Crippen LogP contribution is -2.29. The molecule has 1 aliphatic rings. The summed E-state index contributed by atoms with van der Waals surface area (Å²) in [6.45, 7) is 2.31. The minimum Gasteiger partial charge on any atom is -0.317 e. The maximum absolute atomic E-state index is 4.32. The van der Waals surface area contributed by atoms with Crippen LogP contribution >= 0.6 is 24.2 Å². The van der Waals surface area contributed by atoms with Gasteiger partial charge in [0.2, 0.25) is 0 Å². The molecule has 78 valence electrons. The van der Waals surface area contributed by atoms with Gasteiger partial charge in [0.1, 0.15) is 0 Å². The molecule has 4 heteroatoms. The molecule has 0 radical (unpaired) electrons. The van der Waals surface area contributed by atoms with E-state index in [1.165, 1.54) is 12.8 Å². The molecule has 2 nitrogen and oxygen atoms in total. The molecule has 1 saturated heterocycles. The van der Waals surface area contributed by atoms with Crippen LogP contribution in [-0.4, -0.2) is 23.3 Å². The zero-order valence-electron chi connectivity index (χ0n) is 7.98. The molecular formula is C10H15ClN2S. The van der Waals surface area contributed by atoms with Crippen LogP contribution in [0.3, 0.4) is 0 Å². The molecule has 1 N–H and O–H groups in total. The maximum atomic E-state index is 4.32. The molecule has 2 heterocycles. The molecule has 14 heavy (non-hydrogen) atoms. The molecule has 0 atom stereocenters. The lowest BCUT2D eigenvalue weighted by atomic mass is 10.2. The fraction of sp³-hybridized carbons (Fsp3) is 0.500. The minimum atomic E-state index is 0. The fourth-order valence-electron chi connectivity index (χ4n) is 1.50. The standard InChI is InChI=1S/C10H14N2S.ClH/c1-2-6-12-10(3-1)13-9-4-7-11-8-5-9;/h1-3,6,9,11H,4-5,7-8H2;1H. The Morgan fingerprint density at radius 3 is 2.71 bits per heavy atom. The summed E-state index contributed by atoms with van der Waals surface area (Å²) in [6.07, 6.45) is 4.39. The van der Waals surface area contributed by atoms with Crippen LogP contribution < -0.4 is 5.32 Å². The molecule has 0 aliphatic carbocycles. The number of piperidine rings is 1. The van der Waals surface area contributed by atoms with Gasteiger partial charge in [-0.05, 0) is 38.1 Å². The van der Waals surface area contributed by atoms with Crippen LogP contribution in [0.4, 0.5) is 0 Å². The predicted octanol–water partition coefficient (Wildman–Crippen LogP) is 2.35. The largest absolute Gasteiger partial charge is 0.317 e. The third-order valence-electron chi connectivity index (χ3n) is 2.21. The van der Waals surface area contributed by atoms with Crippen molar-refractivity contribution < 1.29 is 0 Å². The van der Waals surface area contributed by atoms with Crippen molar-refractivity contribution in [3.05, 3.63) is 24.4 Å². The molecule has 2 rings (SSSR count). The zero-order valence-corrected chi connectivity index (χ0v) is 9.61. The highest BCUT2D eigenvalue weighted by molar-refractivity contribution is 7.99. The van der Waals surface area contributed by atoms with Gasteiger partial charge in [0.05, 0.1) is 5.03 Å². The second-order valence-electron chi connectivity index (χ2n) is 3.24. The highest BCUT2D eigenvalue weighted by Gasteiger charge is 2.14. The van der Waals surface area contributed by atoms with E-state index in [1.807, 2.05) is 24.0 Å². The Morgan fingerprint density at radius 1 is 1.29 bits per heavy atom. The summed E-state index contributed by atoms with van der Waals surface area (Å²) in [5.41, 5.74) is 0. The first-order valence-corrected chi connectivity index (χ1v) is 5.61. The maximum Gasteiger partial charge on any atom is 0.0962 e. The van der Waals surface area contributed by atoms with Crippen molar-refractivity contribution in [3.8, 4) is 0 Å². The second-order valence-corrected chi connectivity index (χ2v) is 4.56. The Balaban J connectivity index is 0.000000980. The number of thioether (sulfide) groups is 1. The van der Waals surface area contributed by atoms with Crippen LogP contribution in [0.25, 0.3) is 0 Å². The highest BCUT2D eigenvalue weighted by Crippen LogP contribution is 2.26. The number of rotatable bonds is 2. The Morgan fingerprint density at radius 2 is 2.07 bits per heavy atom. The summed E-state index contributed by atoms with van der Waals surface area (Å²) in [5.74, 6) is 0. The average Bonchev–Trinajstić information content (AvgIpc) is 2.21. The first-order chi connectivity index (χ1) is 6.45. The summed E-state index contributed by atoms with van der Waals surface area (Å²) >= 11 is 1.91. The Hall–Kier alpha value is -0.250. The fourth-order valence-corrected chi connectivity index (χ4v) is 2.59. The van der Waals surface area contributed by atoms with Crippen molar-refractivity contribution in [3.63, 3.8) is 0 Å². The van der Waals surface area contributed by atoms with Crippen LogP contribution in [0.2, 0.25) is 0 Å². The molecule has 0 spiro atoms. The molecule has 1 aliphatic heterocycles. The average molecular weight is 231 g/mol. The molecular weight excluding hydrogens is 216 g/mol. The summed E-state index contributed by atoms with van der Waals surface area (Å²) < 4.78 is 0. The predicted molar refractivity (Wildman–Crippen MR) is 63.2 cm³/mol. The zero-order chi connectivity index (χ0) is 8.93. The lowest BCUT2D eigenvalue weighted by Gasteiger charge is -2.21. The minimum absolute atomic E-state index is 0. The highest BCUT2D eigenvalue weighted by atomic mass is 35.5. The van der Waals surface area contributed by atoms with Gasteiger partial charge in [0.25, 0.3) is 0 Å². The topological polar surface area (TPSA) is 24.9 Å². The van der Waals surface area contributed by atoms with Gasteiger partial charge in [-0.3, -0.25) is 0 Å². The van der Waals surface area contributed by atoms with Gasteiger partial charge in [0.15, 0.2) is 0 Å². The van der Waals surface area contributed by atoms with Crippen molar-refractivity contribution in [2.75, 3.05) is 13.1 Å². The third-order valence-corrected chi connectivity index (χ3v) is 3.50. The smallest absolute Gasteiger partial charge is 0.0962 e. The van der Waals surface area contributed by atoms with Crippen LogP contribution in [0.15, 0.2) is 29.4 Å². The summed E-state index contributed by atoms with van der Waals surface area (Å²) in [7, 11) is 0. The van der Waals surface area contributed by atoms with Crippen molar-refractivity contribution in [2.24, 2.45) is 0 Å². The monoisotopic (exact) mass is 230 g/mol. The van der Waals surface area contributed by atoms with E-state index in [9.17, 15) is 0 Å². The van der Waals surface area contributed by atoms with Gasteiger partial charge >= 0.3 is 0 Å². The van der Waals surface area contributed by atoms with Crippen LogP contribution in [0, 0.1) is 0 Å². The Labute approximate surface area is 95.3 Å². The van der Waals surface area contributed by atoms with Gasteiger partial charge in [-0.1, -0.05) is 6.07 Å². The second kappa shape index (κ2) is 6.27.